The number of ketones is 1. The van der Waals surface area contributed by atoms with Crippen molar-refractivity contribution in [3.8, 4) is 0 Å². The standard InChI is InChI=1S/C8H9ClOS/c1-5(2)7(10)8-6(9)3-4-11-8/h3-5H,1-2H3. The number of carbonyl (C=O) groups is 1. The van der Waals surface area contributed by atoms with Crippen LogP contribution in [0.2, 0.25) is 5.02 Å². The van der Waals surface area contributed by atoms with E-state index in [1.54, 1.807) is 6.07 Å². The van der Waals surface area contributed by atoms with Gasteiger partial charge in [-0.05, 0) is 11.4 Å². The van der Waals surface area contributed by atoms with E-state index in [-0.39, 0.29) is 11.7 Å². The third-order valence-electron chi connectivity index (χ3n) is 1.37. The van der Waals surface area contributed by atoms with Crippen LogP contribution >= 0.6 is 22.9 Å². The summed E-state index contributed by atoms with van der Waals surface area (Å²) in [5.41, 5.74) is 0. The molecule has 0 aliphatic carbocycles. The van der Waals surface area contributed by atoms with E-state index in [2.05, 4.69) is 0 Å². The zero-order valence-electron chi connectivity index (χ0n) is 6.43. The maximum absolute atomic E-state index is 11.4. The van der Waals surface area contributed by atoms with Gasteiger partial charge in [-0.15, -0.1) is 11.3 Å². The molecule has 0 aliphatic heterocycles. The Morgan fingerprint density at radius 3 is 2.64 bits per heavy atom. The second-order valence-electron chi connectivity index (χ2n) is 2.62. The van der Waals surface area contributed by atoms with Crippen LogP contribution < -0.4 is 0 Å². The van der Waals surface area contributed by atoms with Crippen LogP contribution in [0.5, 0.6) is 0 Å². The van der Waals surface area contributed by atoms with Crippen molar-refractivity contribution in [2.45, 2.75) is 13.8 Å². The van der Waals surface area contributed by atoms with Crippen molar-refractivity contribution < 1.29 is 4.79 Å². The fourth-order valence-corrected chi connectivity index (χ4v) is 1.97. The topological polar surface area (TPSA) is 17.1 Å². The number of Topliss-reactive ketones (excluding diaryl/α,β-unsaturated/α-hetero) is 1. The fraction of sp³-hybridized carbons (Fsp3) is 0.375. The molecule has 1 heterocycles. The van der Waals surface area contributed by atoms with Crippen LogP contribution in [0, 0.1) is 5.92 Å². The SMILES string of the molecule is CC(C)C(=O)c1sccc1Cl. The normalized spacial score (nSPS) is 10.5. The zero-order chi connectivity index (χ0) is 8.43. The van der Waals surface area contributed by atoms with E-state index in [1.807, 2.05) is 19.2 Å². The maximum atomic E-state index is 11.4. The van der Waals surface area contributed by atoms with Crippen LogP contribution in [-0.4, -0.2) is 5.78 Å². The average Bonchev–Trinajstić information content (AvgIpc) is 2.33. The van der Waals surface area contributed by atoms with Crippen molar-refractivity contribution in [3.63, 3.8) is 0 Å². The van der Waals surface area contributed by atoms with Gasteiger partial charge in [-0.25, -0.2) is 0 Å². The van der Waals surface area contributed by atoms with Gasteiger partial charge in [0.05, 0.1) is 9.90 Å². The van der Waals surface area contributed by atoms with Crippen molar-refractivity contribution in [3.05, 3.63) is 21.3 Å². The molecule has 0 radical (unpaired) electrons. The molecule has 0 unspecified atom stereocenters. The highest BCUT2D eigenvalue weighted by atomic mass is 35.5. The predicted molar refractivity (Wildman–Crippen MR) is 48.5 cm³/mol. The Morgan fingerprint density at radius 2 is 2.27 bits per heavy atom. The van der Waals surface area contributed by atoms with Gasteiger partial charge in [0.1, 0.15) is 0 Å². The van der Waals surface area contributed by atoms with Crippen molar-refractivity contribution >= 4 is 28.7 Å². The quantitative estimate of drug-likeness (QED) is 0.652. The highest BCUT2D eigenvalue weighted by Crippen LogP contribution is 2.24. The van der Waals surface area contributed by atoms with Crippen molar-refractivity contribution in [2.24, 2.45) is 5.92 Å². The molecule has 0 amide bonds. The monoisotopic (exact) mass is 188 g/mol. The molecule has 1 nitrogen and oxygen atoms in total. The molecule has 0 aliphatic rings. The molecule has 0 aromatic carbocycles. The molecule has 1 aromatic rings. The van der Waals surface area contributed by atoms with E-state index in [1.165, 1.54) is 11.3 Å². The van der Waals surface area contributed by atoms with Gasteiger partial charge in [0, 0.05) is 5.92 Å². The van der Waals surface area contributed by atoms with E-state index < -0.39 is 0 Å². The first-order valence-corrected chi connectivity index (χ1v) is 4.66. The van der Waals surface area contributed by atoms with Gasteiger partial charge in [-0.1, -0.05) is 25.4 Å². The van der Waals surface area contributed by atoms with Gasteiger partial charge in [-0.2, -0.15) is 0 Å². The van der Waals surface area contributed by atoms with Gasteiger partial charge in [0.15, 0.2) is 5.78 Å². The second kappa shape index (κ2) is 3.37. The summed E-state index contributed by atoms with van der Waals surface area (Å²) in [4.78, 5) is 12.0. The molecule has 0 bridgehead atoms. The highest BCUT2D eigenvalue weighted by Gasteiger charge is 2.14. The molecule has 0 saturated heterocycles. The summed E-state index contributed by atoms with van der Waals surface area (Å²) in [6.07, 6.45) is 0. The number of hydrogen-bond donors (Lipinski definition) is 0. The lowest BCUT2D eigenvalue weighted by Crippen LogP contribution is -2.05. The number of hydrogen-bond acceptors (Lipinski definition) is 2. The summed E-state index contributed by atoms with van der Waals surface area (Å²) in [6, 6.07) is 1.75. The molecule has 3 heteroatoms. The minimum absolute atomic E-state index is 0.0335. The van der Waals surface area contributed by atoms with Crippen LogP contribution in [0.4, 0.5) is 0 Å². The van der Waals surface area contributed by atoms with E-state index in [4.69, 9.17) is 11.6 Å². The summed E-state index contributed by atoms with van der Waals surface area (Å²) < 4.78 is 0. The minimum Gasteiger partial charge on any atom is -0.293 e. The fourth-order valence-electron chi connectivity index (χ4n) is 0.732. The molecular weight excluding hydrogens is 180 g/mol. The first kappa shape index (κ1) is 8.75. The van der Waals surface area contributed by atoms with Gasteiger partial charge >= 0.3 is 0 Å². The zero-order valence-corrected chi connectivity index (χ0v) is 8.00. The van der Waals surface area contributed by atoms with Gasteiger partial charge < -0.3 is 0 Å². The number of rotatable bonds is 2. The first-order chi connectivity index (χ1) is 5.13. The van der Waals surface area contributed by atoms with E-state index in [0.29, 0.717) is 9.90 Å². The smallest absolute Gasteiger partial charge is 0.176 e. The average molecular weight is 189 g/mol. The molecule has 1 rings (SSSR count). The van der Waals surface area contributed by atoms with Crippen LogP contribution in [0.3, 0.4) is 0 Å². The van der Waals surface area contributed by atoms with Gasteiger partial charge in [-0.3, -0.25) is 4.79 Å². The number of halogens is 1. The molecule has 0 N–H and O–H groups in total. The molecule has 1 aromatic heterocycles. The molecule has 60 valence electrons. The third-order valence-corrected chi connectivity index (χ3v) is 2.72. The Morgan fingerprint density at radius 1 is 1.64 bits per heavy atom. The minimum atomic E-state index is 0.0335. The Balaban J connectivity index is 2.93. The molecule has 11 heavy (non-hydrogen) atoms. The van der Waals surface area contributed by atoms with E-state index in [0.717, 1.165) is 0 Å². The number of thiophene rings is 1. The molecule has 0 fully saturated rings. The summed E-state index contributed by atoms with van der Waals surface area (Å²) >= 11 is 7.17. The largest absolute Gasteiger partial charge is 0.293 e. The van der Waals surface area contributed by atoms with Gasteiger partial charge in [0.2, 0.25) is 0 Å². The summed E-state index contributed by atoms with van der Waals surface area (Å²) in [5.74, 6) is 0.163. The molecule has 0 spiro atoms. The molecular formula is C8H9ClOS. The second-order valence-corrected chi connectivity index (χ2v) is 3.94. The lowest BCUT2D eigenvalue weighted by molar-refractivity contribution is 0.0943. The highest BCUT2D eigenvalue weighted by molar-refractivity contribution is 7.12. The van der Waals surface area contributed by atoms with Crippen LogP contribution in [0.25, 0.3) is 0 Å². The molecule has 0 saturated carbocycles. The maximum Gasteiger partial charge on any atom is 0.176 e. The Bertz CT molecular complexity index is 265. The van der Waals surface area contributed by atoms with Crippen molar-refractivity contribution in [2.75, 3.05) is 0 Å². The lowest BCUT2D eigenvalue weighted by atomic mass is 10.1. The van der Waals surface area contributed by atoms with Crippen LogP contribution in [0.1, 0.15) is 23.5 Å². The van der Waals surface area contributed by atoms with Crippen LogP contribution in [0.15, 0.2) is 11.4 Å². The van der Waals surface area contributed by atoms with Crippen molar-refractivity contribution in [1.82, 2.24) is 0 Å². The Hall–Kier alpha value is -0.340. The first-order valence-electron chi connectivity index (χ1n) is 3.40. The molecule has 0 atom stereocenters. The summed E-state index contributed by atoms with van der Waals surface area (Å²) in [7, 11) is 0. The van der Waals surface area contributed by atoms with E-state index in [9.17, 15) is 4.79 Å². The van der Waals surface area contributed by atoms with Crippen LogP contribution in [-0.2, 0) is 0 Å². The summed E-state index contributed by atoms with van der Waals surface area (Å²) in [6.45, 7) is 3.75. The van der Waals surface area contributed by atoms with Crippen molar-refractivity contribution in [1.29, 1.82) is 0 Å². The Kier molecular flexibility index (Phi) is 2.68. The predicted octanol–water partition coefficient (Wildman–Crippen LogP) is 3.24. The lowest BCUT2D eigenvalue weighted by Gasteiger charge is -2.00. The Labute approximate surface area is 75.0 Å². The van der Waals surface area contributed by atoms with E-state index >= 15 is 0 Å². The number of carbonyl (C=O) groups excluding carboxylic acids is 1. The van der Waals surface area contributed by atoms with Gasteiger partial charge in [0.25, 0.3) is 0 Å². The summed E-state index contributed by atoms with van der Waals surface area (Å²) in [5, 5.41) is 2.41. The third kappa shape index (κ3) is 1.82.